The van der Waals surface area contributed by atoms with Gasteiger partial charge in [-0.25, -0.2) is 0 Å². The van der Waals surface area contributed by atoms with E-state index in [0.717, 1.165) is 0 Å². The Hall–Kier alpha value is -1.02. The zero-order valence-electron chi connectivity index (χ0n) is 11.8. The van der Waals surface area contributed by atoms with Crippen molar-refractivity contribution in [2.75, 3.05) is 13.2 Å². The molecule has 0 fully saturated rings. The first-order valence-electron chi connectivity index (χ1n) is 6.86. The normalized spacial score (nSPS) is 15.4. The molecule has 3 unspecified atom stereocenters. The van der Waals surface area contributed by atoms with Crippen molar-refractivity contribution in [2.45, 2.75) is 57.3 Å². The molecule has 0 aromatic heterocycles. The molecule has 0 radical (unpaired) electrons. The largest absolute Gasteiger partial charge is 0.394 e. The summed E-state index contributed by atoms with van der Waals surface area (Å²) in [5, 5.41) is 39.0. The van der Waals surface area contributed by atoms with Gasteiger partial charge in [-0.15, -0.1) is 0 Å². The van der Waals surface area contributed by atoms with E-state index in [9.17, 15) is 19.8 Å². The second-order valence-corrected chi connectivity index (χ2v) is 4.71. The lowest BCUT2D eigenvalue weighted by molar-refractivity contribution is -0.132. The first kappa shape index (κ1) is 19.0. The summed E-state index contributed by atoms with van der Waals surface area (Å²) in [6, 6.07) is 0. The van der Waals surface area contributed by atoms with Crippen LogP contribution >= 0.6 is 0 Å². The molecule has 0 spiro atoms. The number of aliphatic hydroxyl groups excluding tert-OH is 4. The van der Waals surface area contributed by atoms with Crippen LogP contribution in [0.15, 0.2) is 0 Å². The standard InChI is InChI=1S/C13H25NO6/c1-2-9(16)5-3-4-6-14-13(20)11(18)7-10(17)12(19)8-15/h10-12,15,17-19H,2-8H2,1H3,(H,14,20). The number of hydrogen-bond donors (Lipinski definition) is 5. The summed E-state index contributed by atoms with van der Waals surface area (Å²) < 4.78 is 0. The third-order valence-electron chi connectivity index (χ3n) is 2.97. The molecule has 0 aliphatic rings. The third-order valence-corrected chi connectivity index (χ3v) is 2.97. The van der Waals surface area contributed by atoms with E-state index >= 15 is 0 Å². The minimum Gasteiger partial charge on any atom is -0.394 e. The minimum absolute atomic E-state index is 0.178. The van der Waals surface area contributed by atoms with E-state index in [1.165, 1.54) is 0 Å². The van der Waals surface area contributed by atoms with Crippen molar-refractivity contribution in [3.05, 3.63) is 0 Å². The number of aliphatic hydroxyl groups is 4. The molecule has 0 saturated carbocycles. The zero-order chi connectivity index (χ0) is 15.5. The third kappa shape index (κ3) is 8.21. The lowest BCUT2D eigenvalue weighted by Crippen LogP contribution is -2.40. The smallest absolute Gasteiger partial charge is 0.248 e. The van der Waals surface area contributed by atoms with E-state index in [2.05, 4.69) is 5.32 Å². The summed E-state index contributed by atoms with van der Waals surface area (Å²) in [5.74, 6) is -0.464. The zero-order valence-corrected chi connectivity index (χ0v) is 11.8. The molecule has 0 aliphatic carbocycles. The quantitative estimate of drug-likeness (QED) is 0.302. The molecule has 3 atom stereocenters. The lowest BCUT2D eigenvalue weighted by Gasteiger charge is -2.18. The molecule has 5 N–H and O–H groups in total. The number of rotatable bonds is 11. The van der Waals surface area contributed by atoms with E-state index in [0.29, 0.717) is 32.2 Å². The van der Waals surface area contributed by atoms with Crippen LogP contribution in [0.25, 0.3) is 0 Å². The highest BCUT2D eigenvalue weighted by Gasteiger charge is 2.23. The maximum absolute atomic E-state index is 11.5. The van der Waals surface area contributed by atoms with Crippen LogP contribution in [-0.4, -0.2) is 63.6 Å². The summed E-state index contributed by atoms with van der Waals surface area (Å²) in [6.07, 6.45) is -2.22. The van der Waals surface area contributed by atoms with Crippen molar-refractivity contribution in [3.63, 3.8) is 0 Å². The predicted octanol–water partition coefficient (Wildman–Crippen LogP) is -1.28. The fraction of sp³-hybridized carbons (Fsp3) is 0.846. The molecule has 0 heterocycles. The molecule has 1 amide bonds. The fourth-order valence-electron chi connectivity index (χ4n) is 1.57. The Kier molecular flexibility index (Phi) is 10.2. The molecule has 118 valence electrons. The number of Topliss-reactive ketones (excluding diaryl/α,β-unsaturated/α-hetero) is 1. The van der Waals surface area contributed by atoms with Crippen LogP contribution in [0.5, 0.6) is 0 Å². The number of nitrogens with one attached hydrogen (secondary N) is 1. The summed E-state index contributed by atoms with van der Waals surface area (Å²) >= 11 is 0. The highest BCUT2D eigenvalue weighted by atomic mass is 16.4. The molecule has 0 aliphatic heterocycles. The van der Waals surface area contributed by atoms with Gasteiger partial charge in [-0.1, -0.05) is 6.92 Å². The van der Waals surface area contributed by atoms with Gasteiger partial charge in [-0.3, -0.25) is 9.59 Å². The van der Waals surface area contributed by atoms with E-state index in [1.54, 1.807) is 6.92 Å². The monoisotopic (exact) mass is 291 g/mol. The first-order chi connectivity index (χ1) is 9.42. The van der Waals surface area contributed by atoms with Crippen molar-refractivity contribution in [1.29, 1.82) is 0 Å². The maximum Gasteiger partial charge on any atom is 0.248 e. The number of unbranched alkanes of at least 4 members (excludes halogenated alkanes) is 1. The van der Waals surface area contributed by atoms with E-state index in [-0.39, 0.29) is 12.2 Å². The Labute approximate surface area is 118 Å². The van der Waals surface area contributed by atoms with Gasteiger partial charge in [-0.2, -0.15) is 0 Å². The van der Waals surface area contributed by atoms with Gasteiger partial charge in [0.1, 0.15) is 18.0 Å². The Morgan fingerprint density at radius 1 is 1.10 bits per heavy atom. The van der Waals surface area contributed by atoms with Gasteiger partial charge in [0.2, 0.25) is 5.91 Å². The lowest BCUT2D eigenvalue weighted by atomic mass is 10.1. The molecule has 7 heteroatoms. The van der Waals surface area contributed by atoms with Gasteiger partial charge >= 0.3 is 0 Å². The number of hydrogen-bond acceptors (Lipinski definition) is 6. The molecule has 0 aromatic carbocycles. The average Bonchev–Trinajstić information content (AvgIpc) is 2.44. The van der Waals surface area contributed by atoms with Gasteiger partial charge in [0.05, 0.1) is 12.7 Å². The van der Waals surface area contributed by atoms with Crippen LogP contribution in [-0.2, 0) is 9.59 Å². The first-order valence-corrected chi connectivity index (χ1v) is 6.86. The van der Waals surface area contributed by atoms with E-state index in [1.807, 2.05) is 0 Å². The van der Waals surface area contributed by atoms with Crippen molar-refractivity contribution in [1.82, 2.24) is 5.32 Å². The Morgan fingerprint density at radius 2 is 1.75 bits per heavy atom. The van der Waals surface area contributed by atoms with Crippen LogP contribution < -0.4 is 5.32 Å². The summed E-state index contributed by atoms with van der Waals surface area (Å²) in [4.78, 5) is 22.5. The number of ketones is 1. The predicted molar refractivity (Wildman–Crippen MR) is 71.9 cm³/mol. The summed E-state index contributed by atoms with van der Waals surface area (Å²) in [7, 11) is 0. The summed E-state index contributed by atoms with van der Waals surface area (Å²) in [6.45, 7) is 1.50. The van der Waals surface area contributed by atoms with Gasteiger partial charge in [0.25, 0.3) is 0 Å². The minimum atomic E-state index is -1.44. The fourth-order valence-corrected chi connectivity index (χ4v) is 1.57. The number of carbonyl (C=O) groups excluding carboxylic acids is 2. The van der Waals surface area contributed by atoms with E-state index < -0.39 is 30.8 Å². The van der Waals surface area contributed by atoms with Crippen LogP contribution in [0.4, 0.5) is 0 Å². The van der Waals surface area contributed by atoms with Crippen LogP contribution in [0.1, 0.15) is 39.0 Å². The number of carbonyl (C=O) groups is 2. The molecular weight excluding hydrogens is 266 g/mol. The van der Waals surface area contributed by atoms with Gasteiger partial charge in [-0.05, 0) is 12.8 Å². The van der Waals surface area contributed by atoms with Crippen molar-refractivity contribution in [2.24, 2.45) is 0 Å². The SMILES string of the molecule is CCC(=O)CCCCNC(=O)C(O)CC(O)C(O)CO. The molecule has 0 bridgehead atoms. The van der Waals surface area contributed by atoms with Gasteiger partial charge in [0.15, 0.2) is 0 Å². The van der Waals surface area contributed by atoms with Crippen LogP contribution in [0.2, 0.25) is 0 Å². The van der Waals surface area contributed by atoms with Crippen molar-refractivity contribution < 1.29 is 30.0 Å². The van der Waals surface area contributed by atoms with Gasteiger partial charge in [0, 0.05) is 25.8 Å². The van der Waals surface area contributed by atoms with Gasteiger partial charge < -0.3 is 25.7 Å². The molecule has 0 saturated heterocycles. The highest BCUT2D eigenvalue weighted by molar-refractivity contribution is 5.80. The van der Waals surface area contributed by atoms with Crippen molar-refractivity contribution in [3.8, 4) is 0 Å². The Bertz CT molecular complexity index is 297. The van der Waals surface area contributed by atoms with Crippen molar-refractivity contribution >= 4 is 11.7 Å². The molecule has 7 nitrogen and oxygen atoms in total. The second-order valence-electron chi connectivity index (χ2n) is 4.71. The summed E-state index contributed by atoms with van der Waals surface area (Å²) in [5.41, 5.74) is 0. The Balaban J connectivity index is 3.78. The molecule has 0 aromatic rings. The maximum atomic E-state index is 11.5. The van der Waals surface area contributed by atoms with E-state index in [4.69, 9.17) is 10.2 Å². The molecule has 20 heavy (non-hydrogen) atoms. The highest BCUT2D eigenvalue weighted by Crippen LogP contribution is 2.04. The Morgan fingerprint density at radius 3 is 2.30 bits per heavy atom. The van der Waals surface area contributed by atoms with Crippen LogP contribution in [0.3, 0.4) is 0 Å². The average molecular weight is 291 g/mol. The van der Waals surface area contributed by atoms with Crippen LogP contribution in [0, 0.1) is 0 Å². The topological polar surface area (TPSA) is 127 Å². The second kappa shape index (κ2) is 10.7. The molecular formula is C13H25NO6. The molecule has 0 rings (SSSR count). The number of amides is 1.